The van der Waals surface area contributed by atoms with Crippen molar-refractivity contribution in [2.45, 2.75) is 31.0 Å². The van der Waals surface area contributed by atoms with Gasteiger partial charge in [-0.2, -0.15) is 4.98 Å². The molecule has 2 aromatic heterocycles. The summed E-state index contributed by atoms with van der Waals surface area (Å²) in [6, 6.07) is 1.37. The molecule has 2 fully saturated rings. The molecule has 2 aromatic rings. The van der Waals surface area contributed by atoms with Crippen LogP contribution in [-0.4, -0.2) is 127 Å². The van der Waals surface area contributed by atoms with Gasteiger partial charge in [0.15, 0.2) is 11.9 Å². The lowest BCUT2D eigenvalue weighted by Gasteiger charge is -2.33. The van der Waals surface area contributed by atoms with Gasteiger partial charge in [-0.05, 0) is 12.5 Å². The fraction of sp³-hybridized carbons (Fsp3) is 0.636. The van der Waals surface area contributed by atoms with Crippen molar-refractivity contribution in [2.75, 3.05) is 64.4 Å². The van der Waals surface area contributed by atoms with Gasteiger partial charge in [0.2, 0.25) is 5.82 Å². The Balaban J connectivity index is 0.000000233. The van der Waals surface area contributed by atoms with Crippen molar-refractivity contribution < 1.29 is 33.9 Å². The summed E-state index contributed by atoms with van der Waals surface area (Å²) in [7, 11) is 0.575. The van der Waals surface area contributed by atoms with Gasteiger partial charge >= 0.3 is 13.4 Å². The molecule has 4 heterocycles. The number of hydrogen-bond donors (Lipinski definition) is 7. The van der Waals surface area contributed by atoms with Gasteiger partial charge in [-0.25, -0.2) is 19.5 Å². The number of nitrogens with two attached hydrogens (primary N) is 2. The van der Waals surface area contributed by atoms with Gasteiger partial charge < -0.3 is 41.0 Å². The first kappa shape index (κ1) is 37.5. The number of amides is 1. The van der Waals surface area contributed by atoms with Crippen LogP contribution in [0.1, 0.15) is 23.1 Å². The van der Waals surface area contributed by atoms with E-state index in [1.165, 1.54) is 23.6 Å². The van der Waals surface area contributed by atoms with Crippen LogP contribution in [0.5, 0.6) is 0 Å². The van der Waals surface area contributed by atoms with E-state index >= 15 is 0 Å². The topological polar surface area (TPSA) is 272 Å². The van der Waals surface area contributed by atoms with Crippen molar-refractivity contribution in [1.82, 2.24) is 34.3 Å². The monoisotopic (exact) mass is 685 g/mol. The normalized spacial score (nSPS) is 24.8. The number of alkyl halides is 2. The first-order valence-electron chi connectivity index (χ1n) is 13.1. The summed E-state index contributed by atoms with van der Waals surface area (Å²) >= 11 is 11.2. The Morgan fingerprint density at radius 2 is 1.95 bits per heavy atom. The third-order valence-electron chi connectivity index (χ3n) is 5.78. The lowest BCUT2D eigenvalue weighted by atomic mass is 10.1. The van der Waals surface area contributed by atoms with E-state index in [2.05, 4.69) is 30.4 Å². The number of carbonyl (C=O) groups excluding carboxylic acids is 1. The fourth-order valence-electron chi connectivity index (χ4n) is 3.68. The molecule has 44 heavy (non-hydrogen) atoms. The van der Waals surface area contributed by atoms with Gasteiger partial charge in [0.05, 0.1) is 19.5 Å². The fourth-order valence-corrected chi connectivity index (χ4v) is 6.33. The molecule has 2 aliphatic heterocycles. The van der Waals surface area contributed by atoms with Gasteiger partial charge in [0.25, 0.3) is 5.91 Å². The number of ether oxygens (including phenoxy) is 1. The number of aliphatic hydroxyl groups excluding tert-OH is 3. The van der Waals surface area contributed by atoms with E-state index in [1.54, 1.807) is 18.8 Å². The van der Waals surface area contributed by atoms with Crippen LogP contribution in [0.2, 0.25) is 0 Å². The number of aliphatic hydroxyl groups is 3. The highest BCUT2D eigenvalue weighted by Crippen LogP contribution is 2.48. The van der Waals surface area contributed by atoms with Crippen molar-refractivity contribution in [3.05, 3.63) is 34.8 Å². The van der Waals surface area contributed by atoms with E-state index in [1.807, 2.05) is 0 Å². The molecule has 9 N–H and O–H groups in total. The van der Waals surface area contributed by atoms with E-state index in [0.717, 1.165) is 17.5 Å². The molecule has 0 aromatic carbocycles. The first-order chi connectivity index (χ1) is 20.9. The Kier molecular flexibility index (Phi) is 15.6. The van der Waals surface area contributed by atoms with Crippen molar-refractivity contribution >= 4 is 48.4 Å². The number of hydrogen-bond acceptors (Lipinski definition) is 13. The molecule has 19 nitrogen and oxygen atoms in total. The van der Waals surface area contributed by atoms with E-state index in [4.69, 9.17) is 49.0 Å². The van der Waals surface area contributed by atoms with Gasteiger partial charge in [0.1, 0.15) is 24.1 Å². The standard InChI is InChI=1S/C9H13N3O5.C7H15Cl2N2O2P.C6H10N6O/c10-5-1-2-12(9(16)11-5)8-7(15)6(14)4(3-13)17-8;8-2-5-11(6-3-9)14(12)10-4-1-7-13-14;1-12(2)11-10-6-4(5(7)13)8-3-9-6/h1-2,4,6-8,13-15H,3H2,(H2,10,11,16);1-7H2,(H,10,12);3H,1-2H3,(H2,7,13)(H,8,9)/t4-,6-,7+,8-;;/m1../s1. The van der Waals surface area contributed by atoms with Crippen LogP contribution in [0.25, 0.3) is 0 Å². The van der Waals surface area contributed by atoms with E-state index < -0.39 is 50.4 Å². The molecule has 1 amide bonds. The predicted octanol–water partition coefficient (Wildman–Crippen LogP) is -0.610. The van der Waals surface area contributed by atoms with Crippen LogP contribution < -0.4 is 22.2 Å². The number of rotatable bonds is 10. The van der Waals surface area contributed by atoms with E-state index in [9.17, 15) is 24.4 Å². The highest BCUT2D eigenvalue weighted by Gasteiger charge is 2.43. The molecule has 5 atom stereocenters. The van der Waals surface area contributed by atoms with E-state index in [-0.39, 0.29) is 17.3 Å². The lowest BCUT2D eigenvalue weighted by Crippen LogP contribution is -2.36. The average molecular weight is 686 g/mol. The second-order valence-electron chi connectivity index (χ2n) is 9.22. The van der Waals surface area contributed by atoms with Crippen LogP contribution in [-0.2, 0) is 13.8 Å². The molecule has 1 unspecified atom stereocenters. The van der Waals surface area contributed by atoms with E-state index in [0.29, 0.717) is 31.5 Å². The van der Waals surface area contributed by atoms with Crippen molar-refractivity contribution in [2.24, 2.45) is 16.1 Å². The number of nitrogens with zero attached hydrogens (tertiary/aromatic N) is 7. The Bertz CT molecular complexity index is 1300. The molecule has 0 saturated carbocycles. The van der Waals surface area contributed by atoms with Gasteiger partial charge in [0, 0.05) is 51.7 Å². The minimum absolute atomic E-state index is 0.0537. The molecular formula is C22H38Cl2N11O8P. The molecule has 2 aliphatic rings. The highest BCUT2D eigenvalue weighted by atomic mass is 35.5. The van der Waals surface area contributed by atoms with Crippen LogP contribution in [0.15, 0.2) is 33.7 Å². The SMILES string of the molecule is CN(C)N=Nc1nc[nH]c1C(N)=O.Nc1ccn([C@@H]2O[C@H](CO)[C@@H](O)[C@@H]2O)c(=O)n1.O=P1(N(CCCl)CCCl)NCCCO1. The minimum Gasteiger partial charge on any atom is -0.394 e. The summed E-state index contributed by atoms with van der Waals surface area (Å²) in [5.41, 5.74) is 9.83. The quantitative estimate of drug-likeness (QED) is 0.0711. The smallest absolute Gasteiger partial charge is 0.351 e. The minimum atomic E-state index is -2.84. The number of carbonyl (C=O) groups is 1. The van der Waals surface area contributed by atoms with Crippen LogP contribution in [0.3, 0.4) is 0 Å². The largest absolute Gasteiger partial charge is 0.394 e. The third-order valence-corrected chi connectivity index (χ3v) is 8.42. The number of imidazole rings is 1. The Labute approximate surface area is 262 Å². The number of aromatic nitrogens is 4. The average Bonchev–Trinajstić information content (AvgIpc) is 3.57. The predicted molar refractivity (Wildman–Crippen MR) is 160 cm³/mol. The second-order valence-corrected chi connectivity index (χ2v) is 12.2. The zero-order valence-corrected chi connectivity index (χ0v) is 26.5. The van der Waals surface area contributed by atoms with Crippen molar-refractivity contribution in [1.29, 1.82) is 0 Å². The maximum Gasteiger partial charge on any atom is 0.351 e. The number of halogens is 2. The maximum atomic E-state index is 12.2. The second kappa shape index (κ2) is 18.3. The van der Waals surface area contributed by atoms with Crippen LogP contribution in [0.4, 0.5) is 11.6 Å². The Hall–Kier alpha value is -2.71. The van der Waals surface area contributed by atoms with Gasteiger partial charge in [-0.15, -0.1) is 28.3 Å². The van der Waals surface area contributed by atoms with Crippen molar-refractivity contribution in [3.8, 4) is 0 Å². The molecule has 22 heteroatoms. The zero-order chi connectivity index (χ0) is 32.9. The molecule has 0 spiro atoms. The number of aromatic amines is 1. The molecule has 0 aliphatic carbocycles. The van der Waals surface area contributed by atoms with Crippen molar-refractivity contribution in [3.63, 3.8) is 0 Å². The summed E-state index contributed by atoms with van der Waals surface area (Å²) in [5.74, 6) is 0.488. The first-order valence-corrected chi connectivity index (χ1v) is 15.8. The Morgan fingerprint density at radius 1 is 1.27 bits per heavy atom. The molecule has 0 radical (unpaired) electrons. The maximum absolute atomic E-state index is 12.2. The molecule has 0 bridgehead atoms. The number of primary amides is 1. The third kappa shape index (κ3) is 10.7. The molecule has 2 saturated heterocycles. The molecular weight excluding hydrogens is 648 g/mol. The highest BCUT2D eigenvalue weighted by molar-refractivity contribution is 7.54. The lowest BCUT2D eigenvalue weighted by molar-refractivity contribution is -0.0549. The number of H-pyrrole nitrogens is 1. The number of nitrogens with one attached hydrogen (secondary N) is 2. The van der Waals surface area contributed by atoms with Crippen LogP contribution >= 0.6 is 30.9 Å². The summed E-state index contributed by atoms with van der Waals surface area (Å²) in [6.45, 7) is 1.85. The van der Waals surface area contributed by atoms with Crippen LogP contribution in [0, 0.1) is 0 Å². The number of anilines is 1. The number of nitrogen functional groups attached to an aromatic ring is 1. The summed E-state index contributed by atoms with van der Waals surface area (Å²) in [6.07, 6.45) is -1.04. The summed E-state index contributed by atoms with van der Waals surface area (Å²) < 4.78 is 25.4. The Morgan fingerprint density at radius 3 is 2.45 bits per heavy atom. The summed E-state index contributed by atoms with van der Waals surface area (Å²) in [5, 5.41) is 39.9. The van der Waals surface area contributed by atoms with Gasteiger partial charge in [-0.1, -0.05) is 5.22 Å². The summed E-state index contributed by atoms with van der Waals surface area (Å²) in [4.78, 5) is 32.1. The zero-order valence-electron chi connectivity index (χ0n) is 24.1. The molecule has 248 valence electrons. The molecule has 4 rings (SSSR count). The van der Waals surface area contributed by atoms with Gasteiger partial charge in [-0.3, -0.25) is 18.9 Å².